The van der Waals surface area contributed by atoms with Crippen LogP contribution in [0.5, 0.6) is 0 Å². The second-order valence-electron chi connectivity index (χ2n) is 9.41. The maximum atomic E-state index is 12.8. The van der Waals surface area contributed by atoms with Crippen LogP contribution in [0.25, 0.3) is 0 Å². The van der Waals surface area contributed by atoms with Gasteiger partial charge in [0.2, 0.25) is 17.6 Å². The number of carbonyl (C=O) groups excluding carboxylic acids is 5. The van der Waals surface area contributed by atoms with E-state index < -0.39 is 42.1 Å². The minimum Gasteiger partial charge on any atom is -0.347 e. The molecule has 1 aromatic rings. The Balaban J connectivity index is 0. The lowest BCUT2D eigenvalue weighted by Gasteiger charge is -2.25. The van der Waals surface area contributed by atoms with E-state index in [2.05, 4.69) is 29.8 Å². The van der Waals surface area contributed by atoms with Gasteiger partial charge >= 0.3 is 0 Å². The average Bonchev–Trinajstić information content (AvgIpc) is 3.38. The molecule has 2 aliphatic rings. The lowest BCUT2D eigenvalue weighted by Crippen LogP contribution is -2.53. The van der Waals surface area contributed by atoms with Gasteiger partial charge in [0.05, 0.1) is 6.54 Å². The van der Waals surface area contributed by atoms with Gasteiger partial charge in [-0.2, -0.15) is 0 Å². The van der Waals surface area contributed by atoms with Crippen LogP contribution in [-0.4, -0.2) is 65.5 Å². The first kappa shape index (κ1) is 29.0. The Labute approximate surface area is 218 Å². The van der Waals surface area contributed by atoms with Crippen molar-refractivity contribution in [3.05, 3.63) is 35.9 Å². The summed E-state index contributed by atoms with van der Waals surface area (Å²) < 4.78 is 0. The summed E-state index contributed by atoms with van der Waals surface area (Å²) in [4.78, 5) is 63.5. The first-order chi connectivity index (χ1) is 17.3. The quantitative estimate of drug-likeness (QED) is 0.467. The van der Waals surface area contributed by atoms with Gasteiger partial charge in [0.25, 0.3) is 11.8 Å². The van der Waals surface area contributed by atoms with Gasteiger partial charge in [0.15, 0.2) is 0 Å². The Morgan fingerprint density at radius 3 is 2.25 bits per heavy atom. The van der Waals surface area contributed by atoms with Crippen LogP contribution in [-0.2, 0) is 19.2 Å². The monoisotopic (exact) mass is 506 g/mol. The van der Waals surface area contributed by atoms with Crippen LogP contribution in [0.4, 0.5) is 0 Å². The fourth-order valence-corrected chi connectivity index (χ4v) is 4.32. The number of likely N-dealkylation sites (tertiary alicyclic amines) is 1. The van der Waals surface area contributed by atoms with E-state index >= 15 is 0 Å². The minimum atomic E-state index is -0.916. The van der Waals surface area contributed by atoms with Crippen molar-refractivity contribution in [2.75, 3.05) is 13.1 Å². The maximum absolute atomic E-state index is 12.8. The van der Waals surface area contributed by atoms with Gasteiger partial charge in [-0.05, 0) is 44.7 Å². The summed E-state index contributed by atoms with van der Waals surface area (Å²) in [6.07, 6.45) is 7.38. The number of carbonyl (C=O) groups is 5. The van der Waals surface area contributed by atoms with E-state index in [0.29, 0.717) is 24.9 Å². The molecule has 1 saturated carbocycles. The number of rotatable bonds is 8. The zero-order valence-electron chi connectivity index (χ0n) is 21.7. The molecule has 1 saturated heterocycles. The Morgan fingerprint density at radius 2 is 1.61 bits per heavy atom. The third kappa shape index (κ3) is 8.77. The minimum absolute atomic E-state index is 0. The van der Waals surface area contributed by atoms with Crippen LogP contribution >= 0.6 is 0 Å². The molecule has 9 nitrogen and oxygen atoms in total. The predicted octanol–water partition coefficient (Wildman–Crippen LogP) is 3.08. The number of hydrogen-bond acceptors (Lipinski definition) is 5. The van der Waals surface area contributed by atoms with Crippen LogP contribution in [0, 0.1) is 0 Å². The van der Waals surface area contributed by atoms with Gasteiger partial charge in [0.1, 0.15) is 12.1 Å². The molecule has 0 aromatic heterocycles. The van der Waals surface area contributed by atoms with Crippen molar-refractivity contribution in [1.29, 1.82) is 0 Å². The molecule has 1 heterocycles. The van der Waals surface area contributed by atoms with Crippen molar-refractivity contribution >= 4 is 29.4 Å². The third-order valence-electron chi connectivity index (χ3n) is 6.21. The standard InChI is InChI=1S/C24H32N4O5.C3H8.3H2/c1-16(21(30)25-15-20(29)23(32)27-18-11-6-3-7-12-18)26-22(31)19-13-8-14-28(19)24(33)17-9-4-2-5-10-17;1-3-2;;;/h2,4-5,9-10,16,18-19H,3,6-8,11-15H2,1H3,(H,25,30)(H,26,31)(H,27,32);3H2,1-2H3;3*1H/t16-,19?;;;;/m0..../s1. The number of nitrogens with one attached hydrogen (secondary N) is 3. The highest BCUT2D eigenvalue weighted by atomic mass is 16.2. The molecular weight excluding hydrogens is 460 g/mol. The summed E-state index contributed by atoms with van der Waals surface area (Å²) in [5.41, 5.74) is 0.507. The number of amides is 4. The van der Waals surface area contributed by atoms with E-state index in [0.717, 1.165) is 32.1 Å². The summed E-state index contributed by atoms with van der Waals surface area (Å²) in [5.74, 6) is -2.62. The van der Waals surface area contributed by atoms with Crippen LogP contribution in [0.15, 0.2) is 30.3 Å². The molecular formula is C27H46N4O5. The normalized spacial score (nSPS) is 18.3. The number of benzene rings is 1. The highest BCUT2D eigenvalue weighted by Crippen LogP contribution is 2.20. The topological polar surface area (TPSA) is 125 Å². The molecule has 0 radical (unpaired) electrons. The molecule has 204 valence electrons. The molecule has 1 aromatic carbocycles. The predicted molar refractivity (Wildman–Crippen MR) is 143 cm³/mol. The van der Waals surface area contributed by atoms with E-state index in [9.17, 15) is 24.0 Å². The van der Waals surface area contributed by atoms with E-state index in [1.165, 1.54) is 18.2 Å². The van der Waals surface area contributed by atoms with E-state index in [4.69, 9.17) is 0 Å². The molecule has 1 aliphatic heterocycles. The average molecular weight is 507 g/mol. The summed E-state index contributed by atoms with van der Waals surface area (Å²) in [7, 11) is 0. The Morgan fingerprint density at radius 1 is 0.972 bits per heavy atom. The fraction of sp³-hybridized carbons (Fsp3) is 0.593. The van der Waals surface area contributed by atoms with E-state index in [1.807, 2.05) is 6.07 Å². The lowest BCUT2D eigenvalue weighted by molar-refractivity contribution is -0.138. The van der Waals surface area contributed by atoms with Gasteiger partial charge in [0, 0.05) is 22.4 Å². The van der Waals surface area contributed by atoms with Crippen molar-refractivity contribution in [3.8, 4) is 0 Å². The number of hydrogen-bond donors (Lipinski definition) is 3. The first-order valence-corrected chi connectivity index (χ1v) is 13.1. The zero-order valence-corrected chi connectivity index (χ0v) is 21.7. The SMILES string of the molecule is CCC.C[C@H](NC(=O)C1CCCN1C(=O)c1ccccc1)C(=O)NCC(=O)C(=O)NC1CCCCC1.[HH].[HH].[HH]. The van der Waals surface area contributed by atoms with Crippen LogP contribution in [0.3, 0.4) is 0 Å². The van der Waals surface area contributed by atoms with Crippen LogP contribution in [0.1, 0.15) is 86.8 Å². The highest BCUT2D eigenvalue weighted by Gasteiger charge is 2.35. The smallest absolute Gasteiger partial charge is 0.289 e. The molecule has 2 fully saturated rings. The Bertz CT molecular complexity index is 914. The van der Waals surface area contributed by atoms with Gasteiger partial charge in [-0.15, -0.1) is 0 Å². The molecule has 1 unspecified atom stereocenters. The van der Waals surface area contributed by atoms with Crippen molar-refractivity contribution in [2.24, 2.45) is 0 Å². The van der Waals surface area contributed by atoms with Gasteiger partial charge in [-0.3, -0.25) is 24.0 Å². The summed E-state index contributed by atoms with van der Waals surface area (Å²) in [6, 6.07) is 7.19. The Hall–Kier alpha value is -3.23. The number of Topliss-reactive ketones (excluding diaryl/α,β-unsaturated/α-hetero) is 1. The molecule has 2 atom stereocenters. The van der Waals surface area contributed by atoms with Crippen molar-refractivity contribution < 1.29 is 28.3 Å². The molecule has 3 N–H and O–H groups in total. The maximum Gasteiger partial charge on any atom is 0.289 e. The molecule has 4 amide bonds. The Kier molecular flexibility index (Phi) is 12.1. The molecule has 1 aliphatic carbocycles. The summed E-state index contributed by atoms with van der Waals surface area (Å²) >= 11 is 0. The second kappa shape index (κ2) is 15.0. The molecule has 3 rings (SSSR count). The fourth-order valence-electron chi connectivity index (χ4n) is 4.32. The van der Waals surface area contributed by atoms with Gasteiger partial charge in [-0.25, -0.2) is 0 Å². The number of ketones is 1. The van der Waals surface area contributed by atoms with Crippen LogP contribution in [0.2, 0.25) is 0 Å². The molecule has 0 spiro atoms. The van der Waals surface area contributed by atoms with Crippen molar-refractivity contribution in [3.63, 3.8) is 0 Å². The molecule has 9 heteroatoms. The van der Waals surface area contributed by atoms with Crippen molar-refractivity contribution in [2.45, 2.75) is 90.3 Å². The summed E-state index contributed by atoms with van der Waals surface area (Å²) in [5, 5.41) is 7.75. The first-order valence-electron chi connectivity index (χ1n) is 13.1. The second-order valence-corrected chi connectivity index (χ2v) is 9.41. The van der Waals surface area contributed by atoms with Gasteiger partial charge < -0.3 is 20.9 Å². The lowest BCUT2D eigenvalue weighted by atomic mass is 9.95. The third-order valence-corrected chi connectivity index (χ3v) is 6.21. The largest absolute Gasteiger partial charge is 0.347 e. The number of nitrogens with zero attached hydrogens (tertiary/aromatic N) is 1. The zero-order chi connectivity index (χ0) is 26.5. The molecule has 36 heavy (non-hydrogen) atoms. The highest BCUT2D eigenvalue weighted by molar-refractivity contribution is 6.37. The van der Waals surface area contributed by atoms with E-state index in [-0.39, 0.29) is 16.2 Å². The van der Waals surface area contributed by atoms with E-state index in [1.54, 1.807) is 24.3 Å². The van der Waals surface area contributed by atoms with Gasteiger partial charge in [-0.1, -0.05) is 57.7 Å². The summed E-state index contributed by atoms with van der Waals surface area (Å²) in [6.45, 7) is 5.79. The van der Waals surface area contributed by atoms with Crippen molar-refractivity contribution in [1.82, 2.24) is 20.9 Å². The van der Waals surface area contributed by atoms with Crippen LogP contribution < -0.4 is 16.0 Å². The molecule has 0 bridgehead atoms.